The van der Waals surface area contributed by atoms with Gasteiger partial charge in [-0.1, -0.05) is 12.1 Å². The highest BCUT2D eigenvalue weighted by atomic mass is 16.5. The molecule has 108 valence electrons. The number of rotatable bonds is 5. The molecule has 6 heteroatoms. The van der Waals surface area contributed by atoms with Gasteiger partial charge in [0.05, 0.1) is 13.3 Å². The van der Waals surface area contributed by atoms with Crippen molar-refractivity contribution in [1.82, 2.24) is 10.3 Å². The lowest BCUT2D eigenvalue weighted by Gasteiger charge is -2.16. The second-order valence-electron chi connectivity index (χ2n) is 3.92. The van der Waals surface area contributed by atoms with Crippen LogP contribution in [-0.2, 0) is 9.59 Å². The third-order valence-electron chi connectivity index (χ3n) is 2.75. The predicted molar refractivity (Wildman–Crippen MR) is 76.7 cm³/mol. The predicted octanol–water partition coefficient (Wildman–Crippen LogP) is 1.01. The van der Waals surface area contributed by atoms with Gasteiger partial charge in [0, 0.05) is 18.7 Å². The first-order valence-electron chi connectivity index (χ1n) is 6.39. The minimum absolute atomic E-state index is 0.485. The molecule has 0 radical (unpaired) electrons. The van der Waals surface area contributed by atoms with Crippen LogP contribution in [0.1, 0.15) is 19.4 Å². The highest BCUT2D eigenvalue weighted by molar-refractivity contribution is 6.34. The van der Waals surface area contributed by atoms with Crippen molar-refractivity contribution in [2.24, 2.45) is 5.10 Å². The highest BCUT2D eigenvalue weighted by Crippen LogP contribution is 2.14. The fraction of sp³-hybridized carbons (Fsp3) is 0.357. The van der Waals surface area contributed by atoms with Crippen LogP contribution in [0.5, 0.6) is 5.75 Å². The van der Waals surface area contributed by atoms with Crippen LogP contribution in [0.25, 0.3) is 0 Å². The van der Waals surface area contributed by atoms with E-state index in [0.29, 0.717) is 24.4 Å². The van der Waals surface area contributed by atoms with E-state index in [9.17, 15) is 9.59 Å². The van der Waals surface area contributed by atoms with Gasteiger partial charge in [0.15, 0.2) is 0 Å². The van der Waals surface area contributed by atoms with Gasteiger partial charge in [-0.2, -0.15) is 5.10 Å². The molecule has 0 fully saturated rings. The average molecular weight is 277 g/mol. The van der Waals surface area contributed by atoms with E-state index in [1.54, 1.807) is 19.2 Å². The first kappa shape index (κ1) is 15.7. The molecule has 20 heavy (non-hydrogen) atoms. The zero-order valence-corrected chi connectivity index (χ0v) is 11.9. The summed E-state index contributed by atoms with van der Waals surface area (Å²) in [7, 11) is 1.55. The number of benzene rings is 1. The van der Waals surface area contributed by atoms with Crippen LogP contribution < -0.4 is 10.2 Å². The number of hydrogen-bond acceptors (Lipinski definition) is 4. The molecule has 1 N–H and O–H groups in total. The molecule has 1 aromatic rings. The van der Waals surface area contributed by atoms with Gasteiger partial charge in [0.1, 0.15) is 5.75 Å². The minimum Gasteiger partial charge on any atom is -0.496 e. The van der Waals surface area contributed by atoms with E-state index in [-0.39, 0.29) is 0 Å². The van der Waals surface area contributed by atoms with Crippen molar-refractivity contribution in [3.8, 4) is 5.75 Å². The molecule has 0 aliphatic rings. The summed E-state index contributed by atoms with van der Waals surface area (Å²) in [6, 6.07) is 7.23. The molecule has 0 heterocycles. The number of methoxy groups -OCH3 is 1. The molecular formula is C14H19N3O3. The van der Waals surface area contributed by atoms with Crippen LogP contribution in [0.3, 0.4) is 0 Å². The first-order chi connectivity index (χ1) is 9.63. The van der Waals surface area contributed by atoms with Gasteiger partial charge in [-0.05, 0) is 26.0 Å². The molecule has 0 bridgehead atoms. The van der Waals surface area contributed by atoms with E-state index >= 15 is 0 Å². The zero-order chi connectivity index (χ0) is 15.0. The molecule has 0 saturated heterocycles. The Morgan fingerprint density at radius 3 is 2.55 bits per heavy atom. The number of nitrogens with zero attached hydrogens (tertiary/aromatic N) is 2. The standard InChI is InChI=1S/C14H19N3O3/c1-4-17(5-2)14(19)13(18)16-15-10-11-8-6-7-9-12(11)20-3/h6-10H,4-5H2,1-3H3,(H,16,18)/b15-10+. The van der Waals surface area contributed by atoms with Gasteiger partial charge in [-0.15, -0.1) is 0 Å². The smallest absolute Gasteiger partial charge is 0.329 e. The van der Waals surface area contributed by atoms with Crippen LogP contribution >= 0.6 is 0 Å². The van der Waals surface area contributed by atoms with E-state index < -0.39 is 11.8 Å². The van der Waals surface area contributed by atoms with Crippen LogP contribution in [0.15, 0.2) is 29.4 Å². The Labute approximate surface area is 118 Å². The number of carbonyl (C=O) groups excluding carboxylic acids is 2. The fourth-order valence-corrected chi connectivity index (χ4v) is 1.64. The number of para-hydroxylation sites is 1. The van der Waals surface area contributed by atoms with Gasteiger partial charge in [0.2, 0.25) is 0 Å². The van der Waals surface area contributed by atoms with Crippen LogP contribution in [0.4, 0.5) is 0 Å². The van der Waals surface area contributed by atoms with Crippen molar-refractivity contribution in [3.63, 3.8) is 0 Å². The number of likely N-dealkylation sites (N-methyl/N-ethyl adjacent to an activating group) is 1. The Hall–Kier alpha value is -2.37. The summed E-state index contributed by atoms with van der Waals surface area (Å²) in [4.78, 5) is 24.7. The van der Waals surface area contributed by atoms with Crippen molar-refractivity contribution in [1.29, 1.82) is 0 Å². The Kier molecular flexibility index (Phi) is 6.22. The second kappa shape index (κ2) is 7.93. The molecule has 0 atom stereocenters. The van der Waals surface area contributed by atoms with Gasteiger partial charge in [0.25, 0.3) is 0 Å². The number of hydrogen-bond donors (Lipinski definition) is 1. The van der Waals surface area contributed by atoms with Crippen LogP contribution in [0, 0.1) is 0 Å². The maximum Gasteiger partial charge on any atom is 0.329 e. The normalized spacial score (nSPS) is 10.3. The van der Waals surface area contributed by atoms with Gasteiger partial charge in [-0.25, -0.2) is 5.43 Å². The Balaban J connectivity index is 2.64. The summed E-state index contributed by atoms with van der Waals surface area (Å²) < 4.78 is 5.14. The van der Waals surface area contributed by atoms with Crippen molar-refractivity contribution in [2.75, 3.05) is 20.2 Å². The van der Waals surface area contributed by atoms with Gasteiger partial charge >= 0.3 is 11.8 Å². The number of hydrazone groups is 1. The SMILES string of the molecule is CCN(CC)C(=O)C(=O)N/N=C/c1ccccc1OC. The van der Waals surface area contributed by atoms with Gasteiger partial charge in [-0.3, -0.25) is 9.59 Å². The zero-order valence-electron chi connectivity index (χ0n) is 11.9. The lowest BCUT2D eigenvalue weighted by Crippen LogP contribution is -2.41. The molecule has 0 spiro atoms. The maximum atomic E-state index is 11.7. The molecule has 0 aliphatic carbocycles. The second-order valence-corrected chi connectivity index (χ2v) is 3.92. The highest BCUT2D eigenvalue weighted by Gasteiger charge is 2.18. The van der Waals surface area contributed by atoms with Gasteiger partial charge < -0.3 is 9.64 Å². The molecule has 6 nitrogen and oxygen atoms in total. The van der Waals surface area contributed by atoms with Crippen molar-refractivity contribution < 1.29 is 14.3 Å². The van der Waals surface area contributed by atoms with Crippen molar-refractivity contribution >= 4 is 18.0 Å². The minimum atomic E-state index is -0.750. The van der Waals surface area contributed by atoms with Crippen LogP contribution in [-0.4, -0.2) is 43.1 Å². The average Bonchev–Trinajstić information content (AvgIpc) is 2.48. The largest absolute Gasteiger partial charge is 0.496 e. The molecule has 0 aliphatic heterocycles. The van der Waals surface area contributed by atoms with E-state index in [2.05, 4.69) is 10.5 Å². The number of carbonyl (C=O) groups is 2. The fourth-order valence-electron chi connectivity index (χ4n) is 1.64. The quantitative estimate of drug-likeness (QED) is 0.496. The number of ether oxygens (including phenoxy) is 1. The first-order valence-corrected chi connectivity index (χ1v) is 6.39. The van der Waals surface area contributed by atoms with E-state index in [1.807, 2.05) is 26.0 Å². The Bertz CT molecular complexity index is 496. The lowest BCUT2D eigenvalue weighted by molar-refractivity contribution is -0.145. The van der Waals surface area contributed by atoms with E-state index in [1.165, 1.54) is 11.1 Å². The number of amides is 2. The topological polar surface area (TPSA) is 71.0 Å². The third kappa shape index (κ3) is 4.08. The van der Waals surface area contributed by atoms with Crippen LogP contribution in [0.2, 0.25) is 0 Å². The van der Waals surface area contributed by atoms with Crippen molar-refractivity contribution in [2.45, 2.75) is 13.8 Å². The summed E-state index contributed by atoms with van der Waals surface area (Å²) in [5.41, 5.74) is 2.93. The summed E-state index contributed by atoms with van der Waals surface area (Å²) in [6.07, 6.45) is 1.44. The summed E-state index contributed by atoms with van der Waals surface area (Å²) in [5, 5.41) is 3.77. The maximum absolute atomic E-state index is 11.7. The van der Waals surface area contributed by atoms with Crippen molar-refractivity contribution in [3.05, 3.63) is 29.8 Å². The molecule has 0 saturated carbocycles. The third-order valence-corrected chi connectivity index (χ3v) is 2.75. The van der Waals surface area contributed by atoms with E-state index in [4.69, 9.17) is 4.74 Å². The molecular weight excluding hydrogens is 258 g/mol. The summed E-state index contributed by atoms with van der Waals surface area (Å²) in [6.45, 7) is 4.59. The van der Waals surface area contributed by atoms with E-state index in [0.717, 1.165) is 0 Å². The monoisotopic (exact) mass is 277 g/mol. The summed E-state index contributed by atoms with van der Waals surface area (Å²) >= 11 is 0. The molecule has 1 rings (SSSR count). The molecule has 2 amide bonds. The summed E-state index contributed by atoms with van der Waals surface area (Å²) in [5.74, 6) is -0.701. The number of nitrogens with one attached hydrogen (secondary N) is 1. The molecule has 1 aromatic carbocycles. The lowest BCUT2D eigenvalue weighted by atomic mass is 10.2. The molecule has 0 unspecified atom stereocenters. The Morgan fingerprint density at radius 2 is 1.95 bits per heavy atom. The Morgan fingerprint density at radius 1 is 1.30 bits per heavy atom. The molecule has 0 aromatic heterocycles.